The molecule has 9 nitrogen and oxygen atoms in total. The van der Waals surface area contributed by atoms with Crippen molar-refractivity contribution < 1.29 is 9.84 Å². The Labute approximate surface area is 191 Å². The standard InChI is InChI=1S/C24H29N7O2/c1-15-27-23-21(31(15)18-7-10-33-11-8-18)12-16(13-25-23)20-6-9-30-22(20)14-26-24(29-30)28-17-2-4-19(32)5-3-17/h6,9,12-14,17-19,32H,2-5,7-8,10-11H2,1H3,(H,28,29). The molecular formula is C24H29N7O2. The minimum atomic E-state index is -0.170. The third-order valence-corrected chi connectivity index (χ3v) is 7.04. The molecule has 1 aliphatic carbocycles. The van der Waals surface area contributed by atoms with E-state index in [9.17, 15) is 5.11 Å². The number of hydrogen-bond donors (Lipinski definition) is 2. The smallest absolute Gasteiger partial charge is 0.241 e. The zero-order chi connectivity index (χ0) is 22.4. The summed E-state index contributed by atoms with van der Waals surface area (Å²) in [6, 6.07) is 4.95. The van der Waals surface area contributed by atoms with Crippen LogP contribution >= 0.6 is 0 Å². The van der Waals surface area contributed by atoms with E-state index in [-0.39, 0.29) is 6.10 Å². The molecule has 0 amide bonds. The molecule has 33 heavy (non-hydrogen) atoms. The first kappa shape index (κ1) is 20.6. The van der Waals surface area contributed by atoms with Gasteiger partial charge in [0.05, 0.1) is 23.3 Å². The fourth-order valence-electron chi connectivity index (χ4n) is 5.26. The van der Waals surface area contributed by atoms with Gasteiger partial charge < -0.3 is 19.7 Å². The number of nitrogens with one attached hydrogen (secondary N) is 1. The van der Waals surface area contributed by atoms with Gasteiger partial charge in [0.25, 0.3) is 0 Å². The zero-order valence-corrected chi connectivity index (χ0v) is 18.8. The summed E-state index contributed by atoms with van der Waals surface area (Å²) >= 11 is 0. The molecule has 4 aromatic heterocycles. The van der Waals surface area contributed by atoms with Gasteiger partial charge in [-0.3, -0.25) is 0 Å². The number of pyridine rings is 1. The van der Waals surface area contributed by atoms with Crippen LogP contribution in [0.2, 0.25) is 0 Å². The van der Waals surface area contributed by atoms with Crippen LogP contribution in [0.1, 0.15) is 50.4 Å². The van der Waals surface area contributed by atoms with E-state index >= 15 is 0 Å². The molecule has 0 atom stereocenters. The van der Waals surface area contributed by atoms with Gasteiger partial charge >= 0.3 is 0 Å². The summed E-state index contributed by atoms with van der Waals surface area (Å²) in [6.45, 7) is 3.63. The molecule has 2 fully saturated rings. The van der Waals surface area contributed by atoms with E-state index in [1.54, 1.807) is 0 Å². The molecule has 0 spiro atoms. The number of rotatable bonds is 4. The second-order valence-corrected chi connectivity index (χ2v) is 9.23. The van der Waals surface area contributed by atoms with Crippen LogP contribution in [0.3, 0.4) is 0 Å². The van der Waals surface area contributed by atoms with Gasteiger partial charge in [0.15, 0.2) is 5.65 Å². The molecule has 0 radical (unpaired) electrons. The molecule has 9 heteroatoms. The number of nitrogens with zero attached hydrogens (tertiary/aromatic N) is 6. The van der Waals surface area contributed by atoms with Crippen LogP contribution < -0.4 is 5.32 Å². The first-order chi connectivity index (χ1) is 16.2. The molecule has 0 bridgehead atoms. The Kier molecular flexibility index (Phi) is 5.22. The van der Waals surface area contributed by atoms with Crippen molar-refractivity contribution >= 4 is 22.6 Å². The van der Waals surface area contributed by atoms with Crippen molar-refractivity contribution in [1.29, 1.82) is 0 Å². The average molecular weight is 448 g/mol. The summed E-state index contributed by atoms with van der Waals surface area (Å²) in [4.78, 5) is 14.0. The Morgan fingerprint density at radius 3 is 2.67 bits per heavy atom. The van der Waals surface area contributed by atoms with Crippen LogP contribution in [-0.4, -0.2) is 59.6 Å². The van der Waals surface area contributed by atoms with Crippen molar-refractivity contribution in [2.45, 2.75) is 63.6 Å². The molecule has 0 unspecified atom stereocenters. The highest BCUT2D eigenvalue weighted by atomic mass is 16.5. The predicted octanol–water partition coefficient (Wildman–Crippen LogP) is 3.52. The summed E-state index contributed by atoms with van der Waals surface area (Å²) in [5, 5.41) is 17.8. The Morgan fingerprint density at radius 1 is 1.03 bits per heavy atom. The molecule has 1 aliphatic heterocycles. The van der Waals surface area contributed by atoms with Crippen molar-refractivity contribution in [1.82, 2.24) is 29.1 Å². The Bertz CT molecular complexity index is 1280. The lowest BCUT2D eigenvalue weighted by Crippen LogP contribution is -2.29. The molecule has 2 N–H and O–H groups in total. The Morgan fingerprint density at radius 2 is 1.85 bits per heavy atom. The average Bonchev–Trinajstić information content (AvgIpc) is 3.40. The molecule has 6 rings (SSSR count). The van der Waals surface area contributed by atoms with Crippen molar-refractivity contribution in [3.63, 3.8) is 0 Å². The lowest BCUT2D eigenvalue weighted by atomic mass is 9.93. The molecule has 2 aliphatic rings. The quantitative estimate of drug-likeness (QED) is 0.493. The summed E-state index contributed by atoms with van der Waals surface area (Å²) in [5.74, 6) is 1.62. The number of imidazole rings is 1. The van der Waals surface area contributed by atoms with Gasteiger partial charge in [-0.1, -0.05) is 0 Å². The van der Waals surface area contributed by atoms with Crippen LogP contribution in [0.5, 0.6) is 0 Å². The van der Waals surface area contributed by atoms with Gasteiger partial charge in [0, 0.05) is 48.8 Å². The summed E-state index contributed by atoms with van der Waals surface area (Å²) < 4.78 is 9.75. The number of aliphatic hydroxyl groups excluding tert-OH is 1. The highest BCUT2D eigenvalue weighted by Crippen LogP contribution is 2.31. The maximum absolute atomic E-state index is 9.72. The van der Waals surface area contributed by atoms with E-state index in [0.29, 0.717) is 18.0 Å². The molecule has 5 heterocycles. The van der Waals surface area contributed by atoms with Gasteiger partial charge in [0.1, 0.15) is 5.82 Å². The Balaban J connectivity index is 1.31. The van der Waals surface area contributed by atoms with Gasteiger partial charge in [-0.15, -0.1) is 5.10 Å². The number of fused-ring (bicyclic) bond motifs is 2. The number of aromatic nitrogens is 6. The Hall–Kier alpha value is -3.04. The fourth-order valence-corrected chi connectivity index (χ4v) is 5.26. The largest absolute Gasteiger partial charge is 0.393 e. The van der Waals surface area contributed by atoms with Crippen LogP contribution in [0.4, 0.5) is 5.95 Å². The lowest BCUT2D eigenvalue weighted by molar-refractivity contribution is 0.0701. The SMILES string of the molecule is Cc1nc2ncc(-c3ccn4nc(NC5CCC(O)CC5)ncc34)cc2n1C1CCOCC1. The van der Waals surface area contributed by atoms with E-state index in [1.165, 1.54) is 0 Å². The van der Waals surface area contributed by atoms with E-state index < -0.39 is 0 Å². The number of aryl methyl sites for hydroxylation is 1. The van der Waals surface area contributed by atoms with Crippen molar-refractivity contribution in [2.75, 3.05) is 18.5 Å². The van der Waals surface area contributed by atoms with Gasteiger partial charge in [-0.2, -0.15) is 0 Å². The predicted molar refractivity (Wildman–Crippen MR) is 125 cm³/mol. The summed E-state index contributed by atoms with van der Waals surface area (Å²) in [6.07, 6.45) is 11.1. The molecule has 1 saturated carbocycles. The maximum Gasteiger partial charge on any atom is 0.241 e. The zero-order valence-electron chi connectivity index (χ0n) is 18.8. The second kappa shape index (κ2) is 8.39. The summed E-state index contributed by atoms with van der Waals surface area (Å²) in [7, 11) is 0. The highest BCUT2D eigenvalue weighted by molar-refractivity contribution is 5.85. The van der Waals surface area contributed by atoms with Crippen LogP contribution in [0, 0.1) is 6.92 Å². The molecule has 172 valence electrons. The molecular weight excluding hydrogens is 418 g/mol. The minimum absolute atomic E-state index is 0.170. The van der Waals surface area contributed by atoms with Gasteiger partial charge in [-0.05, 0) is 57.6 Å². The van der Waals surface area contributed by atoms with Crippen LogP contribution in [0.15, 0.2) is 30.7 Å². The van der Waals surface area contributed by atoms with E-state index in [4.69, 9.17) is 9.72 Å². The summed E-state index contributed by atoms with van der Waals surface area (Å²) in [5.41, 5.74) is 4.87. The minimum Gasteiger partial charge on any atom is -0.393 e. The van der Waals surface area contributed by atoms with Crippen molar-refractivity contribution in [3.8, 4) is 11.1 Å². The van der Waals surface area contributed by atoms with Gasteiger partial charge in [-0.25, -0.2) is 19.5 Å². The third kappa shape index (κ3) is 3.85. The molecule has 4 aromatic rings. The number of aliphatic hydroxyl groups is 1. The first-order valence-corrected chi connectivity index (χ1v) is 11.9. The maximum atomic E-state index is 9.72. The number of ether oxygens (including phenoxy) is 1. The fraction of sp³-hybridized carbons (Fsp3) is 0.500. The van der Waals surface area contributed by atoms with E-state index in [0.717, 1.165) is 85.4 Å². The topological polar surface area (TPSA) is 102 Å². The second-order valence-electron chi connectivity index (χ2n) is 9.23. The number of hydrogen-bond acceptors (Lipinski definition) is 7. The van der Waals surface area contributed by atoms with E-state index in [1.807, 2.05) is 23.1 Å². The normalized spacial score (nSPS) is 22.2. The van der Waals surface area contributed by atoms with Crippen LogP contribution in [0.25, 0.3) is 27.8 Å². The molecule has 0 aromatic carbocycles. The monoisotopic (exact) mass is 447 g/mol. The van der Waals surface area contributed by atoms with Crippen LogP contribution in [-0.2, 0) is 4.74 Å². The highest BCUT2D eigenvalue weighted by Gasteiger charge is 2.22. The molecule has 1 saturated heterocycles. The first-order valence-electron chi connectivity index (χ1n) is 11.9. The van der Waals surface area contributed by atoms with Crippen molar-refractivity contribution in [2.24, 2.45) is 0 Å². The van der Waals surface area contributed by atoms with Gasteiger partial charge in [0.2, 0.25) is 5.95 Å². The lowest BCUT2D eigenvalue weighted by Gasteiger charge is -2.26. The van der Waals surface area contributed by atoms with Crippen molar-refractivity contribution in [3.05, 3.63) is 36.5 Å². The van der Waals surface area contributed by atoms with E-state index in [2.05, 4.69) is 44.0 Å². The number of anilines is 1. The third-order valence-electron chi connectivity index (χ3n) is 7.04.